The average Bonchev–Trinajstić information content (AvgIpc) is 3.08. The van der Waals surface area contributed by atoms with Crippen LogP contribution in [0.25, 0.3) is 0 Å². The molecule has 0 saturated carbocycles. The number of nitrogens with zero attached hydrogens (tertiary/aromatic N) is 2. The maximum Gasteiger partial charge on any atom is 0.230 e. The Morgan fingerprint density at radius 1 is 1.19 bits per heavy atom. The van der Waals surface area contributed by atoms with Crippen LogP contribution in [0.5, 0.6) is 5.75 Å². The van der Waals surface area contributed by atoms with Gasteiger partial charge in [0, 0.05) is 12.1 Å². The van der Waals surface area contributed by atoms with Crippen molar-refractivity contribution in [3.63, 3.8) is 0 Å². The van der Waals surface area contributed by atoms with E-state index in [1.807, 2.05) is 38.1 Å². The average molecular weight is 442 g/mol. The lowest BCUT2D eigenvalue weighted by atomic mass is 9.97. The Bertz CT molecular complexity index is 841. The Balaban J connectivity index is 1.52. The fourth-order valence-corrected chi connectivity index (χ4v) is 4.62. The Morgan fingerprint density at radius 3 is 2.71 bits per heavy atom. The smallest absolute Gasteiger partial charge is 0.230 e. The third-order valence-electron chi connectivity index (χ3n) is 5.35. The third kappa shape index (κ3) is 7.53. The van der Waals surface area contributed by atoms with E-state index in [4.69, 9.17) is 14.7 Å². The molecule has 1 aromatic rings. The van der Waals surface area contributed by atoms with Crippen LogP contribution in [-0.4, -0.2) is 41.2 Å². The molecule has 6 heteroatoms. The lowest BCUT2D eigenvalue weighted by molar-refractivity contribution is -0.118. The van der Waals surface area contributed by atoms with E-state index in [9.17, 15) is 4.79 Å². The van der Waals surface area contributed by atoms with Crippen molar-refractivity contribution in [1.29, 1.82) is 0 Å². The fraction of sp³-hybridized carbons (Fsp3) is 0.560. The van der Waals surface area contributed by atoms with E-state index in [1.165, 1.54) is 43.0 Å². The lowest BCUT2D eigenvalue weighted by Gasteiger charge is -2.13. The number of unbranched alkanes of at least 4 members (excludes halogenated alkanes) is 1. The van der Waals surface area contributed by atoms with Gasteiger partial charge in [0.25, 0.3) is 0 Å². The molecule has 5 nitrogen and oxygen atoms in total. The molecule has 0 radical (unpaired) electrons. The van der Waals surface area contributed by atoms with Gasteiger partial charge in [-0.05, 0) is 76.6 Å². The number of aliphatic imine (C=N–C) groups is 2. The zero-order valence-electron chi connectivity index (χ0n) is 19.1. The molecule has 0 atom stereocenters. The highest BCUT2D eigenvalue weighted by Crippen LogP contribution is 2.27. The van der Waals surface area contributed by atoms with Crippen LogP contribution in [0.3, 0.4) is 0 Å². The standard InChI is InChI=1S/C25H35N3O2S/c1-4-5-17-30-21-13-11-20(12-14-21)23-24(28-25(2,3)27-23)31-18-22(29)26-16-15-19-9-7-6-8-10-19/h9,11-14H,4-8,10,15-18H2,1-3H3,(H,26,29). The SMILES string of the molecule is CCCCOc1ccc(C2=NC(C)(C)N=C2SCC(=O)NCCC2=CCCCC2)cc1. The van der Waals surface area contributed by atoms with Gasteiger partial charge in [0.1, 0.15) is 16.5 Å². The van der Waals surface area contributed by atoms with Gasteiger partial charge >= 0.3 is 0 Å². The summed E-state index contributed by atoms with van der Waals surface area (Å²) in [5.41, 5.74) is 2.84. The van der Waals surface area contributed by atoms with Crippen LogP contribution in [-0.2, 0) is 4.79 Å². The molecule has 1 amide bonds. The first-order valence-electron chi connectivity index (χ1n) is 11.5. The first-order valence-corrected chi connectivity index (χ1v) is 12.5. The second kappa shape index (κ2) is 11.5. The van der Waals surface area contributed by atoms with Crippen molar-refractivity contribution in [1.82, 2.24) is 5.32 Å². The maximum absolute atomic E-state index is 12.4. The zero-order chi connectivity index (χ0) is 22.1. The molecule has 3 rings (SSSR count). The number of carbonyl (C=O) groups is 1. The van der Waals surface area contributed by atoms with Crippen LogP contribution < -0.4 is 10.1 Å². The van der Waals surface area contributed by atoms with Gasteiger partial charge in [0.15, 0.2) is 0 Å². The number of carbonyl (C=O) groups excluding carboxylic acids is 1. The number of benzene rings is 1. The summed E-state index contributed by atoms with van der Waals surface area (Å²) in [6.07, 6.45) is 10.4. The number of amides is 1. The van der Waals surface area contributed by atoms with Crippen molar-refractivity contribution >= 4 is 28.4 Å². The highest BCUT2D eigenvalue weighted by Gasteiger charge is 2.28. The Hall–Kier alpha value is -2.08. The second-order valence-corrected chi connectivity index (χ2v) is 9.56. The molecule has 0 saturated heterocycles. The second-order valence-electron chi connectivity index (χ2n) is 8.59. The largest absolute Gasteiger partial charge is 0.494 e. The zero-order valence-corrected chi connectivity index (χ0v) is 19.9. The third-order valence-corrected chi connectivity index (χ3v) is 6.32. The number of thioether (sulfide) groups is 1. The van der Waals surface area contributed by atoms with E-state index in [1.54, 1.807) is 0 Å². The predicted octanol–water partition coefficient (Wildman–Crippen LogP) is 5.54. The number of hydrogen-bond acceptors (Lipinski definition) is 5. The van der Waals surface area contributed by atoms with E-state index in [2.05, 4.69) is 18.3 Å². The molecule has 1 aliphatic heterocycles. The van der Waals surface area contributed by atoms with Gasteiger partial charge in [0.2, 0.25) is 5.91 Å². The van der Waals surface area contributed by atoms with Crippen molar-refractivity contribution in [2.45, 2.75) is 71.4 Å². The van der Waals surface area contributed by atoms with Crippen molar-refractivity contribution < 1.29 is 9.53 Å². The minimum atomic E-state index is -0.502. The normalized spacial score (nSPS) is 17.6. The monoisotopic (exact) mass is 441 g/mol. The molecule has 0 spiro atoms. The van der Waals surface area contributed by atoms with Crippen LogP contribution in [0.2, 0.25) is 0 Å². The Labute approximate surface area is 190 Å². The van der Waals surface area contributed by atoms with Crippen LogP contribution in [0.4, 0.5) is 0 Å². The van der Waals surface area contributed by atoms with E-state index in [0.717, 1.165) is 47.9 Å². The van der Waals surface area contributed by atoms with Gasteiger partial charge in [0.05, 0.1) is 18.1 Å². The fourth-order valence-electron chi connectivity index (χ4n) is 3.66. The summed E-state index contributed by atoms with van der Waals surface area (Å²) in [6, 6.07) is 8.01. The first-order chi connectivity index (χ1) is 15.0. The van der Waals surface area contributed by atoms with Crippen LogP contribution in [0.1, 0.15) is 71.3 Å². The molecule has 1 heterocycles. The molecule has 0 unspecified atom stereocenters. The highest BCUT2D eigenvalue weighted by atomic mass is 32.2. The molecule has 0 aromatic heterocycles. The molecule has 1 aliphatic carbocycles. The van der Waals surface area contributed by atoms with Crippen LogP contribution >= 0.6 is 11.8 Å². The van der Waals surface area contributed by atoms with Gasteiger partial charge in [-0.3, -0.25) is 9.79 Å². The van der Waals surface area contributed by atoms with Gasteiger partial charge in [-0.25, -0.2) is 4.99 Å². The van der Waals surface area contributed by atoms with E-state index >= 15 is 0 Å². The number of nitrogens with one attached hydrogen (secondary N) is 1. The molecular formula is C25H35N3O2S. The summed E-state index contributed by atoms with van der Waals surface area (Å²) in [5, 5.41) is 3.88. The maximum atomic E-state index is 12.4. The van der Waals surface area contributed by atoms with Gasteiger partial charge < -0.3 is 10.1 Å². The Kier molecular flexibility index (Phi) is 8.76. The summed E-state index contributed by atoms with van der Waals surface area (Å²) in [7, 11) is 0. The molecule has 0 bridgehead atoms. The van der Waals surface area contributed by atoms with E-state index in [-0.39, 0.29) is 5.91 Å². The number of hydrogen-bond donors (Lipinski definition) is 1. The van der Waals surface area contributed by atoms with Gasteiger partial charge in [-0.1, -0.05) is 36.8 Å². The predicted molar refractivity (Wildman–Crippen MR) is 132 cm³/mol. The van der Waals surface area contributed by atoms with Gasteiger partial charge in [-0.2, -0.15) is 0 Å². The molecule has 168 valence electrons. The van der Waals surface area contributed by atoms with Crippen LogP contribution in [0.15, 0.2) is 45.9 Å². The minimum absolute atomic E-state index is 0.0489. The topological polar surface area (TPSA) is 63.1 Å². The summed E-state index contributed by atoms with van der Waals surface area (Å²) in [5.74, 6) is 1.27. The summed E-state index contributed by atoms with van der Waals surface area (Å²) >= 11 is 1.47. The number of rotatable bonds is 10. The molecular weight excluding hydrogens is 406 g/mol. The van der Waals surface area contributed by atoms with Crippen molar-refractivity contribution in [3.05, 3.63) is 41.5 Å². The van der Waals surface area contributed by atoms with Gasteiger partial charge in [-0.15, -0.1) is 0 Å². The van der Waals surface area contributed by atoms with E-state index < -0.39 is 5.66 Å². The minimum Gasteiger partial charge on any atom is -0.494 e. The molecule has 31 heavy (non-hydrogen) atoms. The highest BCUT2D eigenvalue weighted by molar-refractivity contribution is 8.16. The first kappa shape index (κ1) is 23.6. The molecule has 1 aromatic carbocycles. The van der Waals surface area contributed by atoms with Crippen LogP contribution in [0, 0.1) is 0 Å². The lowest BCUT2D eigenvalue weighted by Crippen LogP contribution is -2.27. The quantitative estimate of drug-likeness (QED) is 0.383. The summed E-state index contributed by atoms with van der Waals surface area (Å²) in [4.78, 5) is 21.9. The molecule has 2 aliphatic rings. The number of ether oxygens (including phenoxy) is 1. The number of allylic oxidation sites excluding steroid dienone is 1. The van der Waals surface area contributed by atoms with Crippen molar-refractivity contribution in [2.24, 2.45) is 9.98 Å². The molecule has 0 fully saturated rings. The molecule has 1 N–H and O–H groups in total. The summed E-state index contributed by atoms with van der Waals surface area (Å²) < 4.78 is 5.76. The van der Waals surface area contributed by atoms with Crippen molar-refractivity contribution in [3.8, 4) is 5.75 Å². The Morgan fingerprint density at radius 2 is 2.00 bits per heavy atom. The summed E-state index contributed by atoms with van der Waals surface area (Å²) in [6.45, 7) is 7.57. The van der Waals surface area contributed by atoms with E-state index in [0.29, 0.717) is 12.3 Å². The van der Waals surface area contributed by atoms with Crippen molar-refractivity contribution in [2.75, 3.05) is 18.9 Å².